The Bertz CT molecular complexity index is 1190. The van der Waals surface area contributed by atoms with Gasteiger partial charge in [0.25, 0.3) is 5.91 Å². The molecule has 1 aliphatic rings. The highest BCUT2D eigenvalue weighted by molar-refractivity contribution is 7.89. The van der Waals surface area contributed by atoms with Crippen LogP contribution in [-0.2, 0) is 19.6 Å². The number of hydrogen-bond acceptors (Lipinski definition) is 6. The summed E-state index contributed by atoms with van der Waals surface area (Å²) >= 11 is 0. The van der Waals surface area contributed by atoms with Crippen LogP contribution in [0.15, 0.2) is 59.5 Å². The normalized spacial score (nSPS) is 16.8. The highest BCUT2D eigenvalue weighted by Gasteiger charge is 2.31. The van der Waals surface area contributed by atoms with Gasteiger partial charge in [0, 0.05) is 25.2 Å². The van der Waals surface area contributed by atoms with Crippen molar-refractivity contribution < 1.29 is 27.9 Å². The highest BCUT2D eigenvalue weighted by Crippen LogP contribution is 2.19. The summed E-state index contributed by atoms with van der Waals surface area (Å²) in [4.78, 5) is 38.5. The summed E-state index contributed by atoms with van der Waals surface area (Å²) in [5.74, 6) is -2.71. The van der Waals surface area contributed by atoms with Crippen LogP contribution in [0.3, 0.4) is 0 Å². The largest absolute Gasteiger partial charge is 0.480 e. The third-order valence-corrected chi connectivity index (χ3v) is 6.96. The van der Waals surface area contributed by atoms with Crippen LogP contribution in [0.25, 0.3) is 0 Å². The first-order chi connectivity index (χ1) is 16.2. The first kappa shape index (κ1) is 24.9. The number of carboxylic acid groups (broad SMARTS) is 1. The standard InChI is InChI=1S/C23H24N4O6S/c24-13-16-8-10-17(11-9-16)22(29)27-12-4-5-18(15-27)21(28)25-14-20(23(30)31)26-34(32,33)19-6-2-1-3-7-19/h1-3,6-11,18,20,26H,4-5,12,14-15H2,(H,25,28)(H,30,31)/t18?,20-/m0/s1. The van der Waals surface area contributed by atoms with E-state index in [1.807, 2.05) is 6.07 Å². The van der Waals surface area contributed by atoms with Gasteiger partial charge in [-0.25, -0.2) is 8.42 Å². The molecule has 3 N–H and O–H groups in total. The van der Waals surface area contributed by atoms with Crippen molar-refractivity contribution >= 4 is 27.8 Å². The van der Waals surface area contributed by atoms with E-state index in [1.54, 1.807) is 35.2 Å². The quantitative estimate of drug-likeness (QED) is 0.504. The number of sulfonamides is 1. The average Bonchev–Trinajstić information content (AvgIpc) is 2.86. The van der Waals surface area contributed by atoms with Crippen LogP contribution < -0.4 is 10.0 Å². The van der Waals surface area contributed by atoms with Gasteiger partial charge in [-0.3, -0.25) is 14.4 Å². The minimum Gasteiger partial charge on any atom is -0.480 e. The molecule has 1 fully saturated rings. The Morgan fingerprint density at radius 2 is 1.79 bits per heavy atom. The number of nitriles is 1. The first-order valence-electron chi connectivity index (χ1n) is 10.6. The Hall–Kier alpha value is -3.75. The number of hydrogen-bond donors (Lipinski definition) is 3. The van der Waals surface area contributed by atoms with Crippen molar-refractivity contribution in [3.8, 4) is 6.07 Å². The molecule has 0 spiro atoms. The summed E-state index contributed by atoms with van der Waals surface area (Å²) in [7, 11) is -4.09. The zero-order valence-corrected chi connectivity index (χ0v) is 19.0. The van der Waals surface area contributed by atoms with Crippen molar-refractivity contribution in [2.24, 2.45) is 5.92 Å². The summed E-state index contributed by atoms with van der Waals surface area (Å²) in [6, 6.07) is 14.0. The molecule has 178 valence electrons. The number of benzene rings is 2. The molecule has 0 aromatic heterocycles. The van der Waals surface area contributed by atoms with Gasteiger partial charge in [-0.2, -0.15) is 9.98 Å². The van der Waals surface area contributed by atoms with Crippen molar-refractivity contribution in [3.63, 3.8) is 0 Å². The second kappa shape index (κ2) is 10.9. The lowest BCUT2D eigenvalue weighted by molar-refractivity contribution is -0.139. The molecule has 10 nitrogen and oxygen atoms in total. The fourth-order valence-electron chi connectivity index (χ4n) is 3.63. The summed E-state index contributed by atoms with van der Waals surface area (Å²) in [5, 5.41) is 20.8. The number of carbonyl (C=O) groups is 3. The van der Waals surface area contributed by atoms with Gasteiger partial charge in [0.05, 0.1) is 22.4 Å². The van der Waals surface area contributed by atoms with Gasteiger partial charge in [0.1, 0.15) is 6.04 Å². The zero-order chi connectivity index (χ0) is 24.7. The summed E-state index contributed by atoms with van der Waals surface area (Å²) in [5.41, 5.74) is 0.838. The molecular formula is C23H24N4O6S. The van der Waals surface area contributed by atoms with E-state index in [4.69, 9.17) is 5.26 Å². The number of amides is 2. The van der Waals surface area contributed by atoms with Crippen LogP contribution in [-0.4, -0.2) is 61.9 Å². The molecule has 1 unspecified atom stereocenters. The molecule has 0 radical (unpaired) electrons. The molecule has 3 rings (SSSR count). The number of piperidine rings is 1. The molecule has 2 aromatic rings. The van der Waals surface area contributed by atoms with E-state index in [0.717, 1.165) is 0 Å². The van der Waals surface area contributed by atoms with E-state index in [-0.39, 0.29) is 17.3 Å². The predicted octanol–water partition coefficient (Wildman–Crippen LogP) is 0.958. The van der Waals surface area contributed by atoms with Crippen molar-refractivity contribution in [1.82, 2.24) is 14.9 Å². The number of nitrogens with one attached hydrogen (secondary N) is 2. The van der Waals surface area contributed by atoms with Gasteiger partial charge >= 0.3 is 5.97 Å². The first-order valence-corrected chi connectivity index (χ1v) is 12.1. The average molecular weight is 485 g/mol. The van der Waals surface area contributed by atoms with Gasteiger partial charge in [-0.1, -0.05) is 18.2 Å². The molecule has 0 aliphatic carbocycles. The molecule has 1 heterocycles. The van der Waals surface area contributed by atoms with Crippen LogP contribution >= 0.6 is 0 Å². The lowest BCUT2D eigenvalue weighted by atomic mass is 9.96. The van der Waals surface area contributed by atoms with Crippen LogP contribution in [0.4, 0.5) is 0 Å². The van der Waals surface area contributed by atoms with Gasteiger partial charge in [-0.15, -0.1) is 0 Å². The Morgan fingerprint density at radius 3 is 2.41 bits per heavy atom. The van der Waals surface area contributed by atoms with Crippen LogP contribution in [0.5, 0.6) is 0 Å². The number of rotatable bonds is 8. The topological polar surface area (TPSA) is 157 Å². The van der Waals surface area contributed by atoms with Crippen LogP contribution in [0, 0.1) is 17.2 Å². The maximum atomic E-state index is 12.8. The molecule has 34 heavy (non-hydrogen) atoms. The third-order valence-electron chi connectivity index (χ3n) is 5.47. The van der Waals surface area contributed by atoms with E-state index >= 15 is 0 Å². The number of carboxylic acids is 1. The molecule has 0 saturated carbocycles. The minimum atomic E-state index is -4.09. The minimum absolute atomic E-state index is 0.0863. The van der Waals surface area contributed by atoms with Gasteiger partial charge < -0.3 is 15.3 Å². The van der Waals surface area contributed by atoms with E-state index in [1.165, 1.54) is 24.3 Å². The summed E-state index contributed by atoms with van der Waals surface area (Å²) in [6.07, 6.45) is 1.10. The van der Waals surface area contributed by atoms with E-state index < -0.39 is 40.4 Å². The van der Waals surface area contributed by atoms with Crippen LogP contribution in [0.1, 0.15) is 28.8 Å². The molecule has 2 aromatic carbocycles. The smallest absolute Gasteiger partial charge is 0.323 e. The zero-order valence-electron chi connectivity index (χ0n) is 18.2. The fourth-order valence-corrected chi connectivity index (χ4v) is 4.84. The predicted molar refractivity (Wildman–Crippen MR) is 121 cm³/mol. The molecule has 0 bridgehead atoms. The van der Waals surface area contributed by atoms with Crippen molar-refractivity contribution in [2.45, 2.75) is 23.8 Å². The molecular weight excluding hydrogens is 460 g/mol. The lowest BCUT2D eigenvalue weighted by Gasteiger charge is -2.32. The SMILES string of the molecule is N#Cc1ccc(C(=O)N2CCCC(C(=O)NC[C@H](NS(=O)(=O)c3ccccc3)C(=O)O)C2)cc1. The van der Waals surface area contributed by atoms with Crippen molar-refractivity contribution in [3.05, 3.63) is 65.7 Å². The van der Waals surface area contributed by atoms with E-state index in [9.17, 15) is 27.9 Å². The molecule has 1 aliphatic heterocycles. The Balaban J connectivity index is 1.59. The summed E-state index contributed by atoms with van der Waals surface area (Å²) < 4.78 is 27.0. The second-order valence-electron chi connectivity index (χ2n) is 7.85. The maximum Gasteiger partial charge on any atom is 0.323 e. The third kappa shape index (κ3) is 6.18. The van der Waals surface area contributed by atoms with Crippen molar-refractivity contribution in [1.29, 1.82) is 5.26 Å². The Kier molecular flexibility index (Phi) is 7.99. The molecule has 1 saturated heterocycles. The van der Waals surface area contributed by atoms with E-state index in [0.29, 0.717) is 30.5 Å². The number of carbonyl (C=O) groups excluding carboxylic acids is 2. The molecule has 2 atom stereocenters. The fraction of sp³-hybridized carbons (Fsp3) is 0.304. The lowest BCUT2D eigenvalue weighted by Crippen LogP contribution is -2.51. The number of aliphatic carboxylic acids is 1. The monoisotopic (exact) mass is 484 g/mol. The van der Waals surface area contributed by atoms with Gasteiger partial charge in [0.15, 0.2) is 0 Å². The molecule has 11 heteroatoms. The van der Waals surface area contributed by atoms with Gasteiger partial charge in [-0.05, 0) is 49.2 Å². The summed E-state index contributed by atoms with van der Waals surface area (Å²) in [6.45, 7) is 0.176. The maximum absolute atomic E-state index is 12.8. The number of nitrogens with zero attached hydrogens (tertiary/aromatic N) is 2. The Morgan fingerprint density at radius 1 is 1.12 bits per heavy atom. The second-order valence-corrected chi connectivity index (χ2v) is 9.56. The molecule has 2 amide bonds. The highest BCUT2D eigenvalue weighted by atomic mass is 32.2. The van der Waals surface area contributed by atoms with Crippen LogP contribution in [0.2, 0.25) is 0 Å². The van der Waals surface area contributed by atoms with Crippen molar-refractivity contribution in [2.75, 3.05) is 19.6 Å². The van der Waals surface area contributed by atoms with Gasteiger partial charge in [0.2, 0.25) is 15.9 Å². The Labute approximate surface area is 197 Å². The van der Waals surface area contributed by atoms with E-state index in [2.05, 4.69) is 10.0 Å². The number of likely N-dealkylation sites (tertiary alicyclic amines) is 1.